The molecule has 0 saturated heterocycles. The van der Waals surface area contributed by atoms with E-state index in [1.54, 1.807) is 23.2 Å². The van der Waals surface area contributed by atoms with E-state index in [1.165, 1.54) is 0 Å². The van der Waals surface area contributed by atoms with Gasteiger partial charge < -0.3 is 4.90 Å². The summed E-state index contributed by atoms with van der Waals surface area (Å²) in [6.45, 7) is 1.94. The van der Waals surface area contributed by atoms with Crippen LogP contribution in [0.1, 0.15) is 5.69 Å². The lowest BCUT2D eigenvalue weighted by Crippen LogP contribution is -2.30. The number of nitrogens with zero attached hydrogens (tertiary/aromatic N) is 2. The molecule has 0 amide bonds. The van der Waals surface area contributed by atoms with E-state index in [0.29, 0.717) is 12.4 Å². The third-order valence-corrected chi connectivity index (χ3v) is 2.13. The number of halogens is 3. The lowest BCUT2D eigenvalue weighted by molar-refractivity contribution is 0.155. The normalized spacial score (nSPS) is 10.7. The molecule has 1 heterocycles. The summed E-state index contributed by atoms with van der Waals surface area (Å²) in [5, 5.41) is 0. The van der Waals surface area contributed by atoms with Crippen LogP contribution < -0.4 is 4.90 Å². The first kappa shape index (κ1) is 12.2. The highest BCUT2D eigenvalue weighted by Crippen LogP contribution is 2.15. The molecular weight excluding hydrogens is 222 g/mol. The van der Waals surface area contributed by atoms with Gasteiger partial charge in [-0.3, -0.25) is 4.98 Å². The molecule has 0 bridgehead atoms. The van der Waals surface area contributed by atoms with Crippen molar-refractivity contribution in [2.24, 2.45) is 0 Å². The van der Waals surface area contributed by atoms with Crippen LogP contribution in [0.4, 0.5) is 14.5 Å². The molecule has 2 nitrogen and oxygen atoms in total. The molecule has 1 rings (SSSR count). The van der Waals surface area contributed by atoms with Gasteiger partial charge in [-0.15, -0.1) is 11.6 Å². The van der Waals surface area contributed by atoms with Crippen LogP contribution >= 0.6 is 11.6 Å². The van der Waals surface area contributed by atoms with Crippen LogP contribution in [0.25, 0.3) is 0 Å². The minimum Gasteiger partial charge on any atom is -0.365 e. The molecule has 1 aromatic rings. The van der Waals surface area contributed by atoms with Crippen LogP contribution in [-0.2, 0) is 0 Å². The first-order valence-electron chi connectivity index (χ1n) is 4.65. The summed E-state index contributed by atoms with van der Waals surface area (Å²) in [7, 11) is 0. The van der Waals surface area contributed by atoms with E-state index in [4.69, 9.17) is 11.6 Å². The summed E-state index contributed by atoms with van der Waals surface area (Å²) in [6, 6.07) is 3.48. The average molecular weight is 235 g/mol. The molecule has 0 atom stereocenters. The van der Waals surface area contributed by atoms with Gasteiger partial charge in [-0.05, 0) is 19.1 Å². The maximum absolute atomic E-state index is 12.3. The van der Waals surface area contributed by atoms with E-state index >= 15 is 0 Å². The molecule has 0 aromatic carbocycles. The minimum atomic E-state index is -2.36. The zero-order valence-corrected chi connectivity index (χ0v) is 9.21. The molecule has 0 aliphatic rings. The number of alkyl halides is 3. The van der Waals surface area contributed by atoms with E-state index in [2.05, 4.69) is 4.98 Å². The lowest BCUT2D eigenvalue weighted by atomic mass is 10.3. The number of anilines is 1. The Kier molecular flexibility index (Phi) is 4.75. The second-order valence-corrected chi connectivity index (χ2v) is 3.56. The highest BCUT2D eigenvalue weighted by Gasteiger charge is 2.12. The number of pyridine rings is 1. The molecule has 5 heteroatoms. The standard InChI is InChI=1S/C10H13ClF2N2/c1-8-6-9(2-4-14-8)15(5-3-11)7-10(12)13/h2,4,6,10H,3,5,7H2,1H3. The Morgan fingerprint density at radius 2 is 2.27 bits per heavy atom. The average Bonchev–Trinajstić information content (AvgIpc) is 2.16. The maximum Gasteiger partial charge on any atom is 0.255 e. The van der Waals surface area contributed by atoms with Crippen molar-refractivity contribution in [2.75, 3.05) is 23.9 Å². The first-order chi connectivity index (χ1) is 7.13. The fourth-order valence-corrected chi connectivity index (χ4v) is 1.53. The van der Waals surface area contributed by atoms with Gasteiger partial charge in [0.1, 0.15) is 0 Å². The van der Waals surface area contributed by atoms with Crippen LogP contribution in [0.3, 0.4) is 0 Å². The van der Waals surface area contributed by atoms with Gasteiger partial charge in [-0.1, -0.05) is 0 Å². The van der Waals surface area contributed by atoms with E-state index in [1.807, 2.05) is 6.92 Å². The largest absolute Gasteiger partial charge is 0.365 e. The van der Waals surface area contributed by atoms with Gasteiger partial charge >= 0.3 is 0 Å². The highest BCUT2D eigenvalue weighted by molar-refractivity contribution is 6.18. The molecule has 0 N–H and O–H groups in total. The van der Waals surface area contributed by atoms with Crippen molar-refractivity contribution in [3.63, 3.8) is 0 Å². The molecule has 0 spiro atoms. The number of aryl methyl sites for hydroxylation is 1. The van der Waals surface area contributed by atoms with Crippen LogP contribution in [0.5, 0.6) is 0 Å². The van der Waals surface area contributed by atoms with Crippen LogP contribution in [0.15, 0.2) is 18.3 Å². The van der Waals surface area contributed by atoms with Gasteiger partial charge in [-0.25, -0.2) is 8.78 Å². The maximum atomic E-state index is 12.3. The van der Waals surface area contributed by atoms with Crippen LogP contribution in [0.2, 0.25) is 0 Å². The second-order valence-electron chi connectivity index (χ2n) is 3.18. The Hall–Kier alpha value is -0.900. The van der Waals surface area contributed by atoms with Crippen molar-refractivity contribution in [1.82, 2.24) is 4.98 Å². The van der Waals surface area contributed by atoms with Crippen LogP contribution in [0, 0.1) is 6.92 Å². The topological polar surface area (TPSA) is 16.1 Å². The molecule has 0 fully saturated rings. The SMILES string of the molecule is Cc1cc(N(CCCl)CC(F)F)ccn1. The summed E-state index contributed by atoms with van der Waals surface area (Å²) in [5.74, 6) is 0.327. The summed E-state index contributed by atoms with van der Waals surface area (Å²) in [6.07, 6.45) is -0.751. The molecule has 0 unspecified atom stereocenters. The summed E-state index contributed by atoms with van der Waals surface area (Å²) < 4.78 is 24.6. The van der Waals surface area contributed by atoms with Gasteiger partial charge in [-0.2, -0.15) is 0 Å². The van der Waals surface area contributed by atoms with Gasteiger partial charge in [0.2, 0.25) is 0 Å². The molecule has 84 valence electrons. The Morgan fingerprint density at radius 3 is 2.80 bits per heavy atom. The predicted octanol–water partition coefficient (Wildman–Crippen LogP) is 2.70. The Bertz CT molecular complexity index is 307. The number of rotatable bonds is 5. The molecular formula is C10H13ClF2N2. The molecule has 1 aromatic heterocycles. The van der Waals surface area contributed by atoms with Gasteiger partial charge in [0.25, 0.3) is 6.43 Å². The first-order valence-corrected chi connectivity index (χ1v) is 5.18. The van der Waals surface area contributed by atoms with Gasteiger partial charge in [0.05, 0.1) is 6.54 Å². The molecule has 15 heavy (non-hydrogen) atoms. The molecule has 0 aliphatic heterocycles. The number of hydrogen-bond acceptors (Lipinski definition) is 2. The number of aromatic nitrogens is 1. The fraction of sp³-hybridized carbons (Fsp3) is 0.500. The predicted molar refractivity (Wildman–Crippen MR) is 57.9 cm³/mol. The van der Waals surface area contributed by atoms with Crippen molar-refractivity contribution in [1.29, 1.82) is 0 Å². The Morgan fingerprint density at radius 1 is 1.53 bits per heavy atom. The summed E-state index contributed by atoms with van der Waals surface area (Å²) in [5.41, 5.74) is 1.55. The lowest BCUT2D eigenvalue weighted by Gasteiger charge is -2.23. The monoisotopic (exact) mass is 234 g/mol. The van der Waals surface area contributed by atoms with Crippen molar-refractivity contribution in [3.05, 3.63) is 24.0 Å². The fourth-order valence-electron chi connectivity index (χ4n) is 1.32. The molecule has 0 aliphatic carbocycles. The summed E-state index contributed by atoms with van der Waals surface area (Å²) in [4.78, 5) is 5.58. The number of hydrogen-bond donors (Lipinski definition) is 0. The van der Waals surface area contributed by atoms with Gasteiger partial charge in [0.15, 0.2) is 0 Å². The van der Waals surface area contributed by atoms with Gasteiger partial charge in [0, 0.05) is 30.0 Å². The van der Waals surface area contributed by atoms with E-state index in [0.717, 1.165) is 11.4 Å². The zero-order valence-electron chi connectivity index (χ0n) is 8.46. The minimum absolute atomic E-state index is 0.295. The molecule has 0 saturated carbocycles. The van der Waals surface area contributed by atoms with E-state index in [-0.39, 0.29) is 6.54 Å². The third kappa shape index (κ3) is 4.00. The quantitative estimate of drug-likeness (QED) is 0.729. The van der Waals surface area contributed by atoms with Crippen molar-refractivity contribution in [3.8, 4) is 0 Å². The Balaban J connectivity index is 2.78. The van der Waals surface area contributed by atoms with E-state index < -0.39 is 6.43 Å². The second kappa shape index (κ2) is 5.85. The highest BCUT2D eigenvalue weighted by atomic mass is 35.5. The Labute approximate surface area is 92.9 Å². The van der Waals surface area contributed by atoms with Crippen LogP contribution in [-0.4, -0.2) is 30.4 Å². The van der Waals surface area contributed by atoms with E-state index in [9.17, 15) is 8.78 Å². The van der Waals surface area contributed by atoms with Crippen molar-refractivity contribution >= 4 is 17.3 Å². The summed E-state index contributed by atoms with van der Waals surface area (Å²) >= 11 is 5.57. The zero-order chi connectivity index (χ0) is 11.3. The van der Waals surface area contributed by atoms with Crippen molar-refractivity contribution in [2.45, 2.75) is 13.3 Å². The van der Waals surface area contributed by atoms with Crippen molar-refractivity contribution < 1.29 is 8.78 Å². The third-order valence-electron chi connectivity index (χ3n) is 1.96. The molecule has 0 radical (unpaired) electrons. The smallest absolute Gasteiger partial charge is 0.255 e.